The number of aryl methyl sites for hydroxylation is 1. The Hall–Kier alpha value is -1.82. The minimum absolute atomic E-state index is 0.129. The van der Waals surface area contributed by atoms with Crippen LogP contribution in [0.15, 0.2) is 24.3 Å². The van der Waals surface area contributed by atoms with Gasteiger partial charge < -0.3 is 5.32 Å². The van der Waals surface area contributed by atoms with Gasteiger partial charge in [-0.05, 0) is 26.3 Å². The average Bonchev–Trinajstić information content (AvgIpc) is 2.21. The molecule has 1 aromatic carbocycles. The maximum absolute atomic E-state index is 11.6. The Bertz CT molecular complexity index is 413. The second-order valence-corrected chi connectivity index (χ2v) is 4.45. The Labute approximate surface area is 96.1 Å². The van der Waals surface area contributed by atoms with Gasteiger partial charge in [-0.15, -0.1) is 0 Å². The van der Waals surface area contributed by atoms with Gasteiger partial charge in [-0.25, -0.2) is 0 Å². The summed E-state index contributed by atoms with van der Waals surface area (Å²) < 4.78 is 0. The molecule has 0 bridgehead atoms. The molecule has 0 saturated carbocycles. The smallest absolute Gasteiger partial charge is 0.225 e. The predicted molar refractivity (Wildman–Crippen MR) is 62.7 cm³/mol. The van der Waals surface area contributed by atoms with Crippen LogP contribution in [0.1, 0.15) is 25.0 Å². The summed E-state index contributed by atoms with van der Waals surface area (Å²) in [5.41, 5.74) is 1.32. The van der Waals surface area contributed by atoms with E-state index in [2.05, 4.69) is 5.32 Å². The molecule has 0 saturated heterocycles. The van der Waals surface area contributed by atoms with Gasteiger partial charge in [-0.3, -0.25) is 4.79 Å². The highest BCUT2D eigenvalue weighted by molar-refractivity contribution is 5.79. The fraction of sp³-hybridized carbons (Fsp3) is 0.385. The van der Waals surface area contributed by atoms with Crippen molar-refractivity contribution in [3.8, 4) is 6.07 Å². The molecular weight excluding hydrogens is 200 g/mol. The molecule has 0 spiro atoms. The molecule has 1 rings (SSSR count). The molecule has 0 aliphatic heterocycles. The van der Waals surface area contributed by atoms with Gasteiger partial charge in [0.25, 0.3) is 0 Å². The third-order valence-corrected chi connectivity index (χ3v) is 2.22. The van der Waals surface area contributed by atoms with Gasteiger partial charge in [0.1, 0.15) is 5.54 Å². The first kappa shape index (κ1) is 12.3. The van der Waals surface area contributed by atoms with Crippen molar-refractivity contribution in [3.63, 3.8) is 0 Å². The monoisotopic (exact) mass is 216 g/mol. The minimum atomic E-state index is -0.804. The van der Waals surface area contributed by atoms with Crippen LogP contribution in [-0.4, -0.2) is 11.4 Å². The fourth-order valence-corrected chi connectivity index (χ4v) is 1.31. The molecule has 0 aromatic heterocycles. The number of carbonyl (C=O) groups excluding carboxylic acids is 1. The van der Waals surface area contributed by atoms with Crippen LogP contribution in [0.4, 0.5) is 0 Å². The normalized spacial score (nSPS) is 10.6. The Balaban J connectivity index is 2.59. The number of hydrogen-bond donors (Lipinski definition) is 1. The second-order valence-electron chi connectivity index (χ2n) is 4.45. The van der Waals surface area contributed by atoms with Crippen LogP contribution >= 0.6 is 0 Å². The molecule has 0 heterocycles. The maximum atomic E-state index is 11.6. The van der Waals surface area contributed by atoms with E-state index in [9.17, 15) is 4.79 Å². The molecule has 1 aromatic rings. The molecule has 3 nitrogen and oxygen atoms in total. The second kappa shape index (κ2) is 4.80. The highest BCUT2D eigenvalue weighted by Gasteiger charge is 2.18. The lowest BCUT2D eigenvalue weighted by Crippen LogP contribution is -2.42. The highest BCUT2D eigenvalue weighted by atomic mass is 16.1. The van der Waals surface area contributed by atoms with Gasteiger partial charge >= 0.3 is 0 Å². The van der Waals surface area contributed by atoms with E-state index in [4.69, 9.17) is 5.26 Å². The number of hydrogen-bond acceptors (Lipinski definition) is 2. The highest BCUT2D eigenvalue weighted by Crippen LogP contribution is 2.05. The van der Waals surface area contributed by atoms with E-state index < -0.39 is 5.54 Å². The minimum Gasteiger partial charge on any atom is -0.338 e. The van der Waals surface area contributed by atoms with Crippen LogP contribution in [0, 0.1) is 18.3 Å². The Kier molecular flexibility index (Phi) is 3.68. The maximum Gasteiger partial charge on any atom is 0.225 e. The number of carbonyl (C=O) groups is 1. The summed E-state index contributed by atoms with van der Waals surface area (Å²) in [6, 6.07) is 9.83. The Morgan fingerprint density at radius 2 is 1.94 bits per heavy atom. The van der Waals surface area contributed by atoms with Crippen molar-refractivity contribution in [2.45, 2.75) is 32.7 Å². The number of nitrogens with one attached hydrogen (secondary N) is 1. The van der Waals surface area contributed by atoms with Gasteiger partial charge in [-0.2, -0.15) is 5.26 Å². The first-order chi connectivity index (χ1) is 7.43. The first-order valence-corrected chi connectivity index (χ1v) is 5.21. The SMILES string of the molecule is Cc1ccc(CC(=O)NC(C)(C)C#N)cc1. The van der Waals surface area contributed by atoms with Gasteiger partial charge in [-0.1, -0.05) is 29.8 Å². The van der Waals surface area contributed by atoms with Gasteiger partial charge in [0.2, 0.25) is 5.91 Å². The van der Waals surface area contributed by atoms with Crippen molar-refractivity contribution in [2.24, 2.45) is 0 Å². The van der Waals surface area contributed by atoms with Crippen LogP contribution in [0.25, 0.3) is 0 Å². The summed E-state index contributed by atoms with van der Waals surface area (Å²) in [5.74, 6) is -0.129. The fourth-order valence-electron chi connectivity index (χ4n) is 1.31. The molecule has 1 N–H and O–H groups in total. The van der Waals surface area contributed by atoms with E-state index in [0.717, 1.165) is 5.56 Å². The molecule has 0 unspecified atom stereocenters. The summed E-state index contributed by atoms with van der Waals surface area (Å²) in [4.78, 5) is 11.6. The van der Waals surface area contributed by atoms with E-state index in [0.29, 0.717) is 6.42 Å². The molecule has 1 amide bonds. The molecule has 0 fully saturated rings. The third kappa shape index (κ3) is 3.74. The number of nitriles is 1. The van der Waals surface area contributed by atoms with Crippen LogP contribution < -0.4 is 5.32 Å². The number of nitrogens with zero attached hydrogens (tertiary/aromatic N) is 1. The first-order valence-electron chi connectivity index (χ1n) is 5.21. The summed E-state index contributed by atoms with van der Waals surface area (Å²) in [7, 11) is 0. The lowest BCUT2D eigenvalue weighted by atomic mass is 10.1. The summed E-state index contributed by atoms with van der Waals surface area (Å²) >= 11 is 0. The molecule has 16 heavy (non-hydrogen) atoms. The number of rotatable bonds is 3. The van der Waals surface area contributed by atoms with Crippen LogP contribution in [-0.2, 0) is 11.2 Å². The van der Waals surface area contributed by atoms with E-state index in [1.165, 1.54) is 5.56 Å². The summed E-state index contributed by atoms with van der Waals surface area (Å²) in [6.45, 7) is 5.36. The Morgan fingerprint density at radius 3 is 2.44 bits per heavy atom. The van der Waals surface area contributed by atoms with Crippen molar-refractivity contribution >= 4 is 5.91 Å². The third-order valence-electron chi connectivity index (χ3n) is 2.22. The summed E-state index contributed by atoms with van der Waals surface area (Å²) in [5, 5.41) is 11.4. The van der Waals surface area contributed by atoms with E-state index >= 15 is 0 Å². The number of benzene rings is 1. The van der Waals surface area contributed by atoms with Crippen LogP contribution in [0.5, 0.6) is 0 Å². The zero-order chi connectivity index (χ0) is 12.2. The Morgan fingerprint density at radius 1 is 1.38 bits per heavy atom. The molecule has 3 heteroatoms. The predicted octanol–water partition coefficient (Wildman–Crippen LogP) is 1.96. The average molecular weight is 216 g/mol. The van der Waals surface area contributed by atoms with Crippen molar-refractivity contribution in [3.05, 3.63) is 35.4 Å². The molecule has 0 radical (unpaired) electrons. The lowest BCUT2D eigenvalue weighted by molar-refractivity contribution is -0.121. The van der Waals surface area contributed by atoms with Crippen molar-refractivity contribution < 1.29 is 4.79 Å². The largest absolute Gasteiger partial charge is 0.338 e. The number of amides is 1. The van der Waals surface area contributed by atoms with Gasteiger partial charge in [0.15, 0.2) is 0 Å². The van der Waals surface area contributed by atoms with Gasteiger partial charge in [0, 0.05) is 0 Å². The summed E-state index contributed by atoms with van der Waals surface area (Å²) in [6.07, 6.45) is 0.311. The quantitative estimate of drug-likeness (QED) is 0.839. The molecular formula is C13H16N2O. The molecule has 0 aliphatic rings. The topological polar surface area (TPSA) is 52.9 Å². The van der Waals surface area contributed by atoms with E-state index in [1.54, 1.807) is 13.8 Å². The zero-order valence-electron chi connectivity index (χ0n) is 9.87. The molecule has 0 atom stereocenters. The van der Waals surface area contributed by atoms with Crippen LogP contribution in [0.3, 0.4) is 0 Å². The van der Waals surface area contributed by atoms with Crippen molar-refractivity contribution in [1.82, 2.24) is 5.32 Å². The molecule has 84 valence electrons. The van der Waals surface area contributed by atoms with E-state index in [1.807, 2.05) is 37.3 Å². The van der Waals surface area contributed by atoms with Crippen molar-refractivity contribution in [2.75, 3.05) is 0 Å². The van der Waals surface area contributed by atoms with E-state index in [-0.39, 0.29) is 5.91 Å². The molecule has 0 aliphatic carbocycles. The van der Waals surface area contributed by atoms with Gasteiger partial charge in [0.05, 0.1) is 12.5 Å². The standard InChI is InChI=1S/C13H16N2O/c1-10-4-6-11(7-5-10)8-12(16)15-13(2,3)9-14/h4-7H,8H2,1-3H3,(H,15,16). The zero-order valence-corrected chi connectivity index (χ0v) is 9.87. The van der Waals surface area contributed by atoms with Crippen LogP contribution in [0.2, 0.25) is 0 Å². The van der Waals surface area contributed by atoms with Crippen molar-refractivity contribution in [1.29, 1.82) is 5.26 Å². The lowest BCUT2D eigenvalue weighted by Gasteiger charge is -2.17.